The zero-order chi connectivity index (χ0) is 22.9. The summed E-state index contributed by atoms with van der Waals surface area (Å²) in [5.74, 6) is 0. The third-order valence-corrected chi connectivity index (χ3v) is 6.37. The van der Waals surface area contributed by atoms with E-state index in [1.165, 1.54) is 0 Å². The van der Waals surface area contributed by atoms with Gasteiger partial charge >= 0.3 is 0 Å². The molecule has 4 heterocycles. The lowest BCUT2D eigenvalue weighted by molar-refractivity contribution is 0.548. The highest BCUT2D eigenvalue weighted by Crippen LogP contribution is 2.42. The van der Waals surface area contributed by atoms with Gasteiger partial charge in [-0.3, -0.25) is 9.97 Å². The molecule has 0 radical (unpaired) electrons. The van der Waals surface area contributed by atoms with E-state index in [0.29, 0.717) is 5.11 Å². The van der Waals surface area contributed by atoms with Gasteiger partial charge in [-0.15, -0.1) is 0 Å². The fraction of sp³-hybridized carbons (Fsp3) is 0.192. The number of nitrogens with one attached hydrogen (secondary N) is 1. The van der Waals surface area contributed by atoms with E-state index in [1.807, 2.05) is 44.7 Å². The van der Waals surface area contributed by atoms with Crippen molar-refractivity contribution in [3.05, 3.63) is 102 Å². The number of nitrogens with zero attached hydrogens (tertiary/aromatic N) is 5. The van der Waals surface area contributed by atoms with Crippen LogP contribution in [0, 0.1) is 6.92 Å². The second-order valence-corrected chi connectivity index (χ2v) is 8.74. The summed E-state index contributed by atoms with van der Waals surface area (Å²) < 4.78 is 2.25. The maximum atomic E-state index is 5.88. The molecule has 1 aromatic carbocycles. The van der Waals surface area contributed by atoms with E-state index >= 15 is 0 Å². The van der Waals surface area contributed by atoms with Gasteiger partial charge in [0.2, 0.25) is 0 Å². The summed E-state index contributed by atoms with van der Waals surface area (Å²) in [6.45, 7) is 2.11. The molecular formula is C26H26N6S. The molecule has 7 heteroatoms. The van der Waals surface area contributed by atoms with Crippen molar-refractivity contribution in [2.24, 2.45) is 0 Å². The number of aromatic nitrogens is 3. The maximum Gasteiger partial charge on any atom is 0.174 e. The standard InChI is InChI=1S/C26H26N6S/c1-18-9-14-23(31(18)21-7-6-15-27-17-21)25-24(22-8-4-5-16-28-22)29-26(33)32(25)20-12-10-19(11-13-20)30(2)3/h4-17,24-25H,1-3H3,(H,29,33)/t24-,25-/m0/s1. The van der Waals surface area contributed by atoms with Gasteiger partial charge in [0.15, 0.2) is 5.11 Å². The predicted molar refractivity (Wildman–Crippen MR) is 137 cm³/mol. The summed E-state index contributed by atoms with van der Waals surface area (Å²) in [7, 11) is 4.08. The van der Waals surface area contributed by atoms with Crippen molar-refractivity contribution < 1.29 is 0 Å². The number of aryl methyl sites for hydroxylation is 1. The summed E-state index contributed by atoms with van der Waals surface area (Å²) in [5, 5.41) is 4.23. The van der Waals surface area contributed by atoms with Crippen molar-refractivity contribution in [1.82, 2.24) is 19.9 Å². The van der Waals surface area contributed by atoms with Gasteiger partial charge in [0, 0.05) is 49.3 Å². The SMILES string of the molecule is Cc1ccc([C@H]2[C@H](c3ccccn3)NC(=S)N2c2ccc(N(C)C)cc2)n1-c1cccnc1. The number of thiocarbonyl (C=S) groups is 1. The predicted octanol–water partition coefficient (Wildman–Crippen LogP) is 4.82. The second kappa shape index (κ2) is 8.67. The molecule has 6 nitrogen and oxygen atoms in total. The van der Waals surface area contributed by atoms with Crippen LogP contribution in [-0.2, 0) is 0 Å². The van der Waals surface area contributed by atoms with Crippen molar-refractivity contribution in [3.63, 3.8) is 0 Å². The van der Waals surface area contributed by atoms with E-state index in [4.69, 9.17) is 12.2 Å². The zero-order valence-electron chi connectivity index (χ0n) is 18.9. The molecule has 1 aliphatic rings. The minimum Gasteiger partial charge on any atom is -0.378 e. The number of hydrogen-bond donors (Lipinski definition) is 1. The van der Waals surface area contributed by atoms with Crippen LogP contribution < -0.4 is 15.1 Å². The van der Waals surface area contributed by atoms with Crippen molar-refractivity contribution in [2.45, 2.75) is 19.0 Å². The molecule has 0 bridgehead atoms. The van der Waals surface area contributed by atoms with Crippen LogP contribution in [0.5, 0.6) is 0 Å². The van der Waals surface area contributed by atoms with E-state index in [9.17, 15) is 0 Å². The average Bonchev–Trinajstić information content (AvgIpc) is 3.39. The Morgan fingerprint density at radius 3 is 2.39 bits per heavy atom. The largest absolute Gasteiger partial charge is 0.378 e. The van der Waals surface area contributed by atoms with Gasteiger partial charge in [0.25, 0.3) is 0 Å². The van der Waals surface area contributed by atoms with Crippen molar-refractivity contribution in [3.8, 4) is 5.69 Å². The molecule has 1 fully saturated rings. The number of rotatable bonds is 5. The molecule has 2 atom stereocenters. The normalized spacial score (nSPS) is 17.8. The molecule has 0 amide bonds. The lowest BCUT2D eigenvalue weighted by Crippen LogP contribution is -2.30. The fourth-order valence-electron chi connectivity index (χ4n) is 4.47. The van der Waals surface area contributed by atoms with Crippen LogP contribution in [0.15, 0.2) is 85.3 Å². The minimum absolute atomic E-state index is 0.0912. The van der Waals surface area contributed by atoms with Gasteiger partial charge in [-0.2, -0.15) is 0 Å². The van der Waals surface area contributed by atoms with Gasteiger partial charge in [0.1, 0.15) is 6.04 Å². The van der Waals surface area contributed by atoms with Gasteiger partial charge in [-0.1, -0.05) is 6.07 Å². The number of anilines is 2. The van der Waals surface area contributed by atoms with Gasteiger partial charge in [0.05, 0.1) is 23.6 Å². The molecule has 1 N–H and O–H groups in total. The number of pyridine rings is 2. The van der Waals surface area contributed by atoms with E-state index in [2.05, 4.69) is 85.1 Å². The van der Waals surface area contributed by atoms with Crippen LogP contribution in [0.2, 0.25) is 0 Å². The first-order valence-corrected chi connectivity index (χ1v) is 11.3. The Labute approximate surface area is 199 Å². The Morgan fingerprint density at radius 1 is 0.909 bits per heavy atom. The Balaban J connectivity index is 1.67. The molecule has 5 rings (SSSR count). The molecule has 4 aromatic rings. The Kier molecular flexibility index (Phi) is 5.56. The van der Waals surface area contributed by atoms with Crippen molar-refractivity contribution in [1.29, 1.82) is 0 Å². The average molecular weight is 455 g/mol. The molecular weight excluding hydrogens is 428 g/mol. The fourth-order valence-corrected chi connectivity index (χ4v) is 4.82. The first kappa shape index (κ1) is 21.2. The molecule has 0 unspecified atom stereocenters. The van der Waals surface area contributed by atoms with Gasteiger partial charge in [-0.25, -0.2) is 0 Å². The topological polar surface area (TPSA) is 49.2 Å². The van der Waals surface area contributed by atoms with E-state index < -0.39 is 0 Å². The maximum absolute atomic E-state index is 5.88. The Bertz CT molecular complexity index is 1250. The molecule has 0 spiro atoms. The van der Waals surface area contributed by atoms with Crippen LogP contribution in [0.4, 0.5) is 11.4 Å². The van der Waals surface area contributed by atoms with Crippen molar-refractivity contribution in [2.75, 3.05) is 23.9 Å². The Morgan fingerprint density at radius 2 is 1.73 bits per heavy atom. The number of hydrogen-bond acceptors (Lipinski definition) is 4. The highest BCUT2D eigenvalue weighted by atomic mass is 32.1. The number of benzene rings is 1. The van der Waals surface area contributed by atoms with Crippen LogP contribution in [0.3, 0.4) is 0 Å². The van der Waals surface area contributed by atoms with Crippen molar-refractivity contribution >= 4 is 28.7 Å². The van der Waals surface area contributed by atoms with E-state index in [1.54, 1.807) is 6.20 Å². The Hall–Kier alpha value is -3.71. The molecule has 33 heavy (non-hydrogen) atoms. The molecule has 166 valence electrons. The summed E-state index contributed by atoms with van der Waals surface area (Å²) in [6, 6.07) is 22.7. The lowest BCUT2D eigenvalue weighted by Gasteiger charge is -2.29. The summed E-state index contributed by atoms with van der Waals surface area (Å²) in [6.07, 6.45) is 5.52. The first-order chi connectivity index (χ1) is 16.0. The van der Waals surface area contributed by atoms with E-state index in [0.717, 1.165) is 34.1 Å². The summed E-state index contributed by atoms with van der Waals surface area (Å²) in [4.78, 5) is 13.3. The van der Waals surface area contributed by atoms with Crippen LogP contribution in [0.25, 0.3) is 5.69 Å². The minimum atomic E-state index is -0.100. The monoisotopic (exact) mass is 454 g/mol. The van der Waals surface area contributed by atoms with Gasteiger partial charge in [-0.05, 0) is 79.8 Å². The molecule has 0 aliphatic carbocycles. The van der Waals surface area contributed by atoms with E-state index in [-0.39, 0.29) is 12.1 Å². The first-order valence-electron chi connectivity index (χ1n) is 10.9. The smallest absolute Gasteiger partial charge is 0.174 e. The van der Waals surface area contributed by atoms with Gasteiger partial charge < -0.3 is 19.7 Å². The third kappa shape index (κ3) is 3.85. The zero-order valence-corrected chi connectivity index (χ0v) is 19.7. The highest BCUT2D eigenvalue weighted by Gasteiger charge is 2.42. The highest BCUT2D eigenvalue weighted by molar-refractivity contribution is 7.80. The molecule has 0 saturated carbocycles. The summed E-state index contributed by atoms with van der Waals surface area (Å²) in [5.41, 5.74) is 6.42. The molecule has 1 saturated heterocycles. The lowest BCUT2D eigenvalue weighted by atomic mass is 10.0. The third-order valence-electron chi connectivity index (χ3n) is 6.06. The second-order valence-electron chi connectivity index (χ2n) is 8.35. The van der Waals surface area contributed by atoms with Crippen LogP contribution >= 0.6 is 12.2 Å². The molecule has 1 aliphatic heterocycles. The summed E-state index contributed by atoms with van der Waals surface area (Å²) >= 11 is 5.88. The molecule has 3 aromatic heterocycles. The van der Waals surface area contributed by atoms with Crippen LogP contribution in [-0.4, -0.2) is 33.7 Å². The quantitative estimate of drug-likeness (QED) is 0.437. The van der Waals surface area contributed by atoms with Crippen LogP contribution in [0.1, 0.15) is 29.2 Å².